The maximum absolute atomic E-state index is 5.94. The standard InChI is InChI=1S/C14H20ClNO2/c1-3-16-12-8-13(14(12)17-2)18-9-10-5-4-6-11(15)7-10/h4-7,12-14,16H,3,8-9H2,1-2H3. The molecule has 4 heteroatoms. The molecule has 1 N–H and O–H groups in total. The lowest BCUT2D eigenvalue weighted by Gasteiger charge is -2.43. The molecule has 3 unspecified atom stereocenters. The van der Waals surface area contributed by atoms with Crippen LogP contribution in [-0.2, 0) is 16.1 Å². The van der Waals surface area contributed by atoms with Gasteiger partial charge >= 0.3 is 0 Å². The second-order valence-electron chi connectivity index (χ2n) is 4.58. The van der Waals surface area contributed by atoms with Gasteiger partial charge in [0.05, 0.1) is 18.8 Å². The number of methoxy groups -OCH3 is 1. The molecule has 100 valence electrons. The minimum Gasteiger partial charge on any atom is -0.377 e. The van der Waals surface area contributed by atoms with Crippen LogP contribution in [0, 0.1) is 0 Å². The van der Waals surface area contributed by atoms with Gasteiger partial charge in [-0.3, -0.25) is 0 Å². The Morgan fingerprint density at radius 2 is 2.28 bits per heavy atom. The minimum absolute atomic E-state index is 0.157. The Balaban J connectivity index is 1.81. The quantitative estimate of drug-likeness (QED) is 0.861. The highest BCUT2D eigenvalue weighted by Crippen LogP contribution is 2.28. The molecule has 1 fully saturated rings. The van der Waals surface area contributed by atoms with Crippen molar-refractivity contribution in [1.82, 2.24) is 5.32 Å². The molecule has 0 aromatic heterocycles. The molecule has 2 rings (SSSR count). The molecule has 1 aromatic rings. The molecular formula is C14H20ClNO2. The molecule has 0 spiro atoms. The number of hydrogen-bond acceptors (Lipinski definition) is 3. The van der Waals surface area contributed by atoms with Crippen molar-refractivity contribution in [3.63, 3.8) is 0 Å². The van der Waals surface area contributed by atoms with Gasteiger partial charge in [-0.25, -0.2) is 0 Å². The van der Waals surface area contributed by atoms with Crippen LogP contribution in [0.3, 0.4) is 0 Å². The highest BCUT2D eigenvalue weighted by molar-refractivity contribution is 6.30. The zero-order valence-electron chi connectivity index (χ0n) is 10.9. The smallest absolute Gasteiger partial charge is 0.0987 e. The zero-order valence-corrected chi connectivity index (χ0v) is 11.6. The molecule has 3 atom stereocenters. The van der Waals surface area contributed by atoms with Crippen LogP contribution in [0.2, 0.25) is 5.02 Å². The predicted octanol–water partition coefficient (Wildman–Crippen LogP) is 2.62. The van der Waals surface area contributed by atoms with Crippen molar-refractivity contribution in [3.05, 3.63) is 34.9 Å². The maximum atomic E-state index is 5.94. The van der Waals surface area contributed by atoms with Crippen LogP contribution in [-0.4, -0.2) is 31.9 Å². The number of nitrogens with one attached hydrogen (secondary N) is 1. The molecule has 1 aromatic carbocycles. The number of benzene rings is 1. The molecule has 0 bridgehead atoms. The predicted molar refractivity (Wildman–Crippen MR) is 72.9 cm³/mol. The van der Waals surface area contributed by atoms with Gasteiger partial charge < -0.3 is 14.8 Å². The number of likely N-dealkylation sites (N-methyl/N-ethyl adjacent to an activating group) is 1. The van der Waals surface area contributed by atoms with Crippen molar-refractivity contribution < 1.29 is 9.47 Å². The molecule has 1 aliphatic rings. The van der Waals surface area contributed by atoms with Crippen LogP contribution in [0.1, 0.15) is 18.9 Å². The van der Waals surface area contributed by atoms with Gasteiger partial charge in [0.2, 0.25) is 0 Å². The SMILES string of the molecule is CCNC1CC(OCc2cccc(Cl)c2)C1OC. The Morgan fingerprint density at radius 3 is 2.94 bits per heavy atom. The lowest BCUT2D eigenvalue weighted by atomic mass is 9.85. The molecule has 0 saturated heterocycles. The van der Waals surface area contributed by atoms with Gasteiger partial charge in [0.1, 0.15) is 0 Å². The largest absolute Gasteiger partial charge is 0.377 e. The summed E-state index contributed by atoms with van der Waals surface area (Å²) >= 11 is 5.94. The lowest BCUT2D eigenvalue weighted by Crippen LogP contribution is -2.59. The summed E-state index contributed by atoms with van der Waals surface area (Å²) in [5, 5.41) is 4.14. The van der Waals surface area contributed by atoms with Gasteiger partial charge in [0.25, 0.3) is 0 Å². The van der Waals surface area contributed by atoms with Gasteiger partial charge in [-0.1, -0.05) is 30.7 Å². The Labute approximate surface area is 113 Å². The van der Waals surface area contributed by atoms with E-state index in [4.69, 9.17) is 21.1 Å². The van der Waals surface area contributed by atoms with Crippen LogP contribution in [0.4, 0.5) is 0 Å². The maximum Gasteiger partial charge on any atom is 0.0987 e. The van der Waals surface area contributed by atoms with E-state index in [1.807, 2.05) is 24.3 Å². The van der Waals surface area contributed by atoms with Gasteiger partial charge in [-0.2, -0.15) is 0 Å². The summed E-state index contributed by atoms with van der Waals surface area (Å²) in [6.45, 7) is 3.66. The molecule has 3 nitrogen and oxygen atoms in total. The van der Waals surface area contributed by atoms with Crippen LogP contribution in [0.15, 0.2) is 24.3 Å². The summed E-state index contributed by atoms with van der Waals surface area (Å²) in [5.74, 6) is 0. The van der Waals surface area contributed by atoms with Gasteiger partial charge in [0.15, 0.2) is 0 Å². The van der Waals surface area contributed by atoms with E-state index in [2.05, 4.69) is 12.2 Å². The van der Waals surface area contributed by atoms with E-state index in [0.717, 1.165) is 23.6 Å². The van der Waals surface area contributed by atoms with E-state index in [0.29, 0.717) is 12.6 Å². The van der Waals surface area contributed by atoms with Crippen LogP contribution in [0.25, 0.3) is 0 Å². The third kappa shape index (κ3) is 3.23. The van der Waals surface area contributed by atoms with Crippen molar-refractivity contribution in [3.8, 4) is 0 Å². The first kappa shape index (κ1) is 13.8. The van der Waals surface area contributed by atoms with Crippen LogP contribution in [0.5, 0.6) is 0 Å². The average molecular weight is 270 g/mol. The van der Waals surface area contributed by atoms with E-state index < -0.39 is 0 Å². The highest BCUT2D eigenvalue weighted by atomic mass is 35.5. The summed E-state index contributed by atoms with van der Waals surface area (Å²) in [4.78, 5) is 0. The second-order valence-corrected chi connectivity index (χ2v) is 5.02. The van der Waals surface area contributed by atoms with Crippen molar-refractivity contribution in [2.24, 2.45) is 0 Å². The van der Waals surface area contributed by atoms with Crippen molar-refractivity contribution >= 4 is 11.6 Å². The summed E-state index contributed by atoms with van der Waals surface area (Å²) in [6, 6.07) is 8.19. The number of hydrogen-bond donors (Lipinski definition) is 1. The Bertz CT molecular complexity index is 386. The molecular weight excluding hydrogens is 250 g/mol. The molecule has 0 radical (unpaired) electrons. The molecule has 1 saturated carbocycles. The minimum atomic E-state index is 0.157. The fraction of sp³-hybridized carbons (Fsp3) is 0.571. The molecule has 0 heterocycles. The Morgan fingerprint density at radius 1 is 1.44 bits per heavy atom. The van der Waals surface area contributed by atoms with E-state index in [1.165, 1.54) is 0 Å². The van der Waals surface area contributed by atoms with Gasteiger partial charge in [-0.15, -0.1) is 0 Å². The summed E-state index contributed by atoms with van der Waals surface area (Å²) < 4.78 is 11.3. The molecule has 0 amide bonds. The first-order valence-corrected chi connectivity index (χ1v) is 6.74. The van der Waals surface area contributed by atoms with E-state index >= 15 is 0 Å². The fourth-order valence-corrected chi connectivity index (χ4v) is 2.57. The third-order valence-electron chi connectivity index (χ3n) is 3.34. The normalized spacial score (nSPS) is 26.9. The first-order valence-electron chi connectivity index (χ1n) is 6.36. The van der Waals surface area contributed by atoms with E-state index in [1.54, 1.807) is 7.11 Å². The zero-order chi connectivity index (χ0) is 13.0. The van der Waals surface area contributed by atoms with Crippen molar-refractivity contribution in [1.29, 1.82) is 0 Å². The fourth-order valence-electron chi connectivity index (χ4n) is 2.35. The molecule has 1 aliphatic carbocycles. The van der Waals surface area contributed by atoms with Crippen molar-refractivity contribution in [2.75, 3.05) is 13.7 Å². The van der Waals surface area contributed by atoms with E-state index in [9.17, 15) is 0 Å². The average Bonchev–Trinajstić information content (AvgIpc) is 2.33. The molecule has 18 heavy (non-hydrogen) atoms. The monoisotopic (exact) mass is 269 g/mol. The van der Waals surface area contributed by atoms with Crippen LogP contribution >= 0.6 is 11.6 Å². The van der Waals surface area contributed by atoms with Crippen LogP contribution < -0.4 is 5.32 Å². The van der Waals surface area contributed by atoms with E-state index in [-0.39, 0.29) is 12.2 Å². The summed E-state index contributed by atoms with van der Waals surface area (Å²) in [5.41, 5.74) is 1.10. The number of rotatable bonds is 6. The summed E-state index contributed by atoms with van der Waals surface area (Å²) in [6.07, 6.45) is 1.34. The van der Waals surface area contributed by atoms with Gasteiger partial charge in [-0.05, 0) is 30.7 Å². The Kier molecular flexibility index (Phi) is 5.01. The number of halogens is 1. The first-order chi connectivity index (χ1) is 8.74. The topological polar surface area (TPSA) is 30.5 Å². The second kappa shape index (κ2) is 6.53. The molecule has 0 aliphatic heterocycles. The Hall–Kier alpha value is -0.610. The lowest BCUT2D eigenvalue weighted by molar-refractivity contribution is -0.139. The summed E-state index contributed by atoms with van der Waals surface area (Å²) in [7, 11) is 1.74. The van der Waals surface area contributed by atoms with Gasteiger partial charge in [0, 0.05) is 18.2 Å². The highest BCUT2D eigenvalue weighted by Gasteiger charge is 2.41. The number of ether oxygens (including phenoxy) is 2. The van der Waals surface area contributed by atoms with Crippen molar-refractivity contribution in [2.45, 2.75) is 38.2 Å². The third-order valence-corrected chi connectivity index (χ3v) is 3.58.